The zero-order valence-electron chi connectivity index (χ0n) is 15.3. The molecule has 0 radical (unpaired) electrons. The number of hydrogen-bond donors (Lipinski definition) is 2. The van der Waals surface area contributed by atoms with Gasteiger partial charge in [0.25, 0.3) is 5.91 Å². The molecular formula is C22H16N4O2S. The smallest absolute Gasteiger partial charge is 0.255 e. The van der Waals surface area contributed by atoms with Crippen molar-refractivity contribution < 1.29 is 9.59 Å². The van der Waals surface area contributed by atoms with E-state index in [4.69, 9.17) is 0 Å². The highest BCUT2D eigenvalue weighted by Gasteiger charge is 2.17. The molecular weight excluding hydrogens is 384 g/mol. The number of para-hydroxylation sites is 2. The Bertz CT molecular complexity index is 1250. The summed E-state index contributed by atoms with van der Waals surface area (Å²) in [5, 5.41) is 5.71. The van der Waals surface area contributed by atoms with Crippen LogP contribution in [-0.4, -0.2) is 27.1 Å². The molecule has 4 aromatic rings. The summed E-state index contributed by atoms with van der Waals surface area (Å²) in [7, 11) is 0. The lowest BCUT2D eigenvalue weighted by atomic mass is 10.1. The van der Waals surface area contributed by atoms with Crippen molar-refractivity contribution in [2.24, 2.45) is 0 Å². The minimum Gasteiger partial charge on any atom is -0.324 e. The Hall–Kier alpha value is -3.58. The average molecular weight is 400 g/mol. The molecule has 2 N–H and O–H groups in total. The van der Waals surface area contributed by atoms with E-state index in [1.54, 1.807) is 18.5 Å². The molecule has 0 aliphatic carbocycles. The van der Waals surface area contributed by atoms with Gasteiger partial charge in [-0.1, -0.05) is 12.1 Å². The van der Waals surface area contributed by atoms with Gasteiger partial charge >= 0.3 is 0 Å². The number of aromatic nitrogens is 2. The fourth-order valence-corrected chi connectivity index (χ4v) is 4.09. The molecule has 2 amide bonds. The van der Waals surface area contributed by atoms with Crippen LogP contribution in [0.4, 0.5) is 11.4 Å². The van der Waals surface area contributed by atoms with Crippen molar-refractivity contribution in [2.45, 2.75) is 4.90 Å². The number of hydrogen-bond acceptors (Lipinski definition) is 4. The second-order valence-corrected chi connectivity index (χ2v) is 7.67. The van der Waals surface area contributed by atoms with E-state index in [-0.39, 0.29) is 11.8 Å². The molecule has 0 unspecified atom stereocenters. The van der Waals surface area contributed by atoms with Gasteiger partial charge in [0.15, 0.2) is 0 Å². The first-order chi connectivity index (χ1) is 14.2. The molecule has 0 fully saturated rings. The van der Waals surface area contributed by atoms with Crippen LogP contribution >= 0.6 is 11.8 Å². The maximum absolute atomic E-state index is 12.6. The Balaban J connectivity index is 1.35. The molecule has 29 heavy (non-hydrogen) atoms. The molecule has 0 bridgehead atoms. The van der Waals surface area contributed by atoms with Gasteiger partial charge in [-0.3, -0.25) is 14.2 Å². The van der Waals surface area contributed by atoms with Crippen LogP contribution in [0.5, 0.6) is 0 Å². The molecule has 142 valence electrons. The van der Waals surface area contributed by atoms with Crippen LogP contribution in [0.15, 0.2) is 78.0 Å². The first-order valence-electron chi connectivity index (χ1n) is 9.08. The van der Waals surface area contributed by atoms with E-state index < -0.39 is 0 Å². The summed E-state index contributed by atoms with van der Waals surface area (Å²) in [6, 6.07) is 20.9. The molecule has 0 spiro atoms. The quantitative estimate of drug-likeness (QED) is 0.537. The van der Waals surface area contributed by atoms with E-state index in [9.17, 15) is 9.59 Å². The number of carbonyl (C=O) groups excluding carboxylic acids is 2. The highest BCUT2D eigenvalue weighted by Crippen LogP contribution is 2.32. The number of benzene rings is 3. The van der Waals surface area contributed by atoms with Gasteiger partial charge in [-0.05, 0) is 54.6 Å². The summed E-state index contributed by atoms with van der Waals surface area (Å²) >= 11 is 1.47. The number of rotatable bonds is 3. The number of imidazole rings is 1. The number of nitrogens with zero attached hydrogens (tertiary/aromatic N) is 2. The van der Waals surface area contributed by atoms with Crippen LogP contribution in [0.25, 0.3) is 16.7 Å². The number of fused-ring (bicyclic) bond motifs is 2. The van der Waals surface area contributed by atoms with Crippen molar-refractivity contribution in [1.29, 1.82) is 0 Å². The number of anilines is 2. The van der Waals surface area contributed by atoms with Crippen molar-refractivity contribution in [3.05, 3.63) is 78.6 Å². The number of thioether (sulfide) groups is 1. The average Bonchev–Trinajstić information content (AvgIpc) is 3.18. The van der Waals surface area contributed by atoms with Crippen molar-refractivity contribution in [1.82, 2.24) is 9.55 Å². The maximum Gasteiger partial charge on any atom is 0.255 e. The van der Waals surface area contributed by atoms with Crippen molar-refractivity contribution in [3.63, 3.8) is 0 Å². The third kappa shape index (κ3) is 3.36. The SMILES string of the molecule is O=C1CSc2ccc(C(=O)Nc3ccc(-n4cnc5ccccc54)cc3)cc2N1. The Morgan fingerprint density at radius 2 is 1.90 bits per heavy atom. The highest BCUT2D eigenvalue weighted by molar-refractivity contribution is 8.00. The standard InChI is InChI=1S/C22H16N4O2S/c27-21-12-29-20-10-5-14(11-18(20)25-21)22(28)24-15-6-8-16(9-7-15)26-13-23-17-3-1-2-4-19(17)26/h1-11,13H,12H2,(H,24,28)(H,25,27). The number of nitrogens with one attached hydrogen (secondary N) is 2. The van der Waals surface area contributed by atoms with Crippen LogP contribution in [0.3, 0.4) is 0 Å². The van der Waals surface area contributed by atoms with Gasteiger partial charge in [0.1, 0.15) is 6.33 Å². The molecule has 1 aromatic heterocycles. The van der Waals surface area contributed by atoms with E-state index in [1.807, 2.05) is 59.2 Å². The van der Waals surface area contributed by atoms with Gasteiger partial charge in [0.2, 0.25) is 5.91 Å². The van der Waals surface area contributed by atoms with E-state index in [0.717, 1.165) is 21.6 Å². The zero-order chi connectivity index (χ0) is 19.8. The molecule has 0 saturated heterocycles. The molecule has 3 aromatic carbocycles. The molecule has 1 aliphatic rings. The fourth-order valence-electron chi connectivity index (χ4n) is 3.30. The van der Waals surface area contributed by atoms with E-state index >= 15 is 0 Å². The van der Waals surface area contributed by atoms with Gasteiger partial charge in [0, 0.05) is 21.8 Å². The van der Waals surface area contributed by atoms with E-state index in [1.165, 1.54) is 11.8 Å². The lowest BCUT2D eigenvalue weighted by Crippen LogP contribution is -2.19. The van der Waals surface area contributed by atoms with Gasteiger partial charge in [-0.2, -0.15) is 0 Å². The predicted molar refractivity (Wildman–Crippen MR) is 115 cm³/mol. The Morgan fingerprint density at radius 3 is 2.76 bits per heavy atom. The van der Waals surface area contributed by atoms with Gasteiger partial charge in [-0.15, -0.1) is 11.8 Å². The number of carbonyl (C=O) groups is 2. The fraction of sp³-hybridized carbons (Fsp3) is 0.0455. The molecule has 6 nitrogen and oxygen atoms in total. The topological polar surface area (TPSA) is 76.0 Å². The molecule has 0 saturated carbocycles. The summed E-state index contributed by atoms with van der Waals surface area (Å²) in [6.07, 6.45) is 1.79. The summed E-state index contributed by atoms with van der Waals surface area (Å²) < 4.78 is 2.00. The predicted octanol–water partition coefficient (Wildman–Crippen LogP) is 4.32. The molecule has 1 aliphatic heterocycles. The van der Waals surface area contributed by atoms with E-state index in [0.29, 0.717) is 22.7 Å². The Labute approximate surface area is 171 Å². The largest absolute Gasteiger partial charge is 0.324 e. The highest BCUT2D eigenvalue weighted by atomic mass is 32.2. The third-order valence-corrected chi connectivity index (χ3v) is 5.81. The second kappa shape index (κ2) is 7.10. The third-order valence-electron chi connectivity index (χ3n) is 4.73. The lowest BCUT2D eigenvalue weighted by molar-refractivity contribution is -0.113. The van der Waals surface area contributed by atoms with Crippen LogP contribution < -0.4 is 10.6 Å². The van der Waals surface area contributed by atoms with Crippen LogP contribution in [0.1, 0.15) is 10.4 Å². The van der Waals surface area contributed by atoms with Crippen molar-refractivity contribution in [3.8, 4) is 5.69 Å². The summed E-state index contributed by atoms with van der Waals surface area (Å²) in [4.78, 5) is 29.6. The lowest BCUT2D eigenvalue weighted by Gasteiger charge is -2.17. The first-order valence-corrected chi connectivity index (χ1v) is 10.1. The van der Waals surface area contributed by atoms with Gasteiger partial charge < -0.3 is 10.6 Å². The molecule has 7 heteroatoms. The van der Waals surface area contributed by atoms with Crippen LogP contribution in [0, 0.1) is 0 Å². The maximum atomic E-state index is 12.6. The summed E-state index contributed by atoms with van der Waals surface area (Å²) in [5.74, 6) is 0.123. The first kappa shape index (κ1) is 17.5. The molecule has 5 rings (SSSR count). The van der Waals surface area contributed by atoms with Crippen molar-refractivity contribution in [2.75, 3.05) is 16.4 Å². The Kier molecular flexibility index (Phi) is 4.29. The summed E-state index contributed by atoms with van der Waals surface area (Å²) in [6.45, 7) is 0. The molecule has 2 heterocycles. The second-order valence-electron chi connectivity index (χ2n) is 6.65. The van der Waals surface area contributed by atoms with Gasteiger partial charge in [-0.25, -0.2) is 4.98 Å². The van der Waals surface area contributed by atoms with Gasteiger partial charge in [0.05, 0.1) is 22.5 Å². The van der Waals surface area contributed by atoms with Crippen LogP contribution in [0.2, 0.25) is 0 Å². The monoisotopic (exact) mass is 400 g/mol. The normalized spacial score (nSPS) is 13.0. The summed E-state index contributed by atoms with van der Waals surface area (Å²) in [5.41, 5.74) is 4.79. The molecule has 0 atom stereocenters. The number of amides is 2. The van der Waals surface area contributed by atoms with Crippen LogP contribution in [-0.2, 0) is 4.79 Å². The zero-order valence-corrected chi connectivity index (χ0v) is 16.1. The van der Waals surface area contributed by atoms with Crippen molar-refractivity contribution >= 4 is 46.0 Å². The van der Waals surface area contributed by atoms with E-state index in [2.05, 4.69) is 15.6 Å². The minimum absolute atomic E-state index is 0.0531. The Morgan fingerprint density at radius 1 is 1.07 bits per heavy atom. The minimum atomic E-state index is -0.224.